The zero-order valence-corrected chi connectivity index (χ0v) is 8.79. The SMILES string of the molecule is CCCC(C(=O)O)[C@@H]1CCSS1. The molecule has 0 amide bonds. The molecule has 12 heavy (non-hydrogen) atoms. The van der Waals surface area contributed by atoms with Gasteiger partial charge < -0.3 is 5.11 Å². The molecule has 0 bridgehead atoms. The molecule has 2 atom stereocenters. The standard InChI is InChI=1S/C8H14O2S2/c1-2-3-6(8(9)10)7-4-5-11-12-7/h6-7H,2-5H2,1H3,(H,9,10)/t6?,7-/m0/s1. The highest BCUT2D eigenvalue weighted by Crippen LogP contribution is 2.42. The van der Waals surface area contributed by atoms with Crippen molar-refractivity contribution in [2.75, 3.05) is 5.75 Å². The van der Waals surface area contributed by atoms with Gasteiger partial charge in [0.25, 0.3) is 0 Å². The third kappa shape index (κ3) is 2.59. The van der Waals surface area contributed by atoms with Crippen molar-refractivity contribution < 1.29 is 9.90 Å². The van der Waals surface area contributed by atoms with Gasteiger partial charge >= 0.3 is 5.97 Å². The van der Waals surface area contributed by atoms with E-state index in [1.54, 1.807) is 10.8 Å². The lowest BCUT2D eigenvalue weighted by Gasteiger charge is -2.16. The van der Waals surface area contributed by atoms with Crippen molar-refractivity contribution in [3.05, 3.63) is 0 Å². The monoisotopic (exact) mass is 206 g/mol. The second-order valence-electron chi connectivity index (χ2n) is 2.98. The first-order valence-electron chi connectivity index (χ1n) is 4.26. The minimum absolute atomic E-state index is 0.116. The highest BCUT2D eigenvalue weighted by Gasteiger charge is 2.30. The van der Waals surface area contributed by atoms with Crippen molar-refractivity contribution in [3.8, 4) is 0 Å². The summed E-state index contributed by atoms with van der Waals surface area (Å²) in [6, 6.07) is 0. The maximum atomic E-state index is 10.9. The fraction of sp³-hybridized carbons (Fsp3) is 0.875. The number of aliphatic carboxylic acids is 1. The Labute approximate surface area is 80.9 Å². The lowest BCUT2D eigenvalue weighted by Crippen LogP contribution is -2.23. The second-order valence-corrected chi connectivity index (χ2v) is 5.71. The molecule has 1 saturated heterocycles. The third-order valence-electron chi connectivity index (χ3n) is 2.04. The number of rotatable bonds is 4. The summed E-state index contributed by atoms with van der Waals surface area (Å²) in [5.41, 5.74) is 0. The van der Waals surface area contributed by atoms with Gasteiger partial charge in [0.05, 0.1) is 5.92 Å². The van der Waals surface area contributed by atoms with E-state index in [-0.39, 0.29) is 5.92 Å². The normalized spacial score (nSPS) is 25.6. The fourth-order valence-electron chi connectivity index (χ4n) is 1.40. The molecule has 0 spiro atoms. The molecule has 0 aliphatic carbocycles. The highest BCUT2D eigenvalue weighted by atomic mass is 33.1. The van der Waals surface area contributed by atoms with E-state index in [1.165, 1.54) is 0 Å². The van der Waals surface area contributed by atoms with Crippen LogP contribution in [0.4, 0.5) is 0 Å². The molecule has 70 valence electrons. The summed E-state index contributed by atoms with van der Waals surface area (Å²) < 4.78 is 0. The summed E-state index contributed by atoms with van der Waals surface area (Å²) in [4.78, 5) is 10.9. The zero-order valence-electron chi connectivity index (χ0n) is 7.16. The van der Waals surface area contributed by atoms with Gasteiger partial charge in [-0.05, 0) is 12.8 Å². The van der Waals surface area contributed by atoms with Gasteiger partial charge in [-0.3, -0.25) is 4.79 Å². The van der Waals surface area contributed by atoms with Crippen LogP contribution in [0.2, 0.25) is 0 Å². The predicted octanol–water partition coefficient (Wildman–Crippen LogP) is 2.64. The molecule has 1 fully saturated rings. The van der Waals surface area contributed by atoms with E-state index >= 15 is 0 Å². The first-order valence-corrected chi connectivity index (χ1v) is 6.65. The minimum Gasteiger partial charge on any atom is -0.481 e. The summed E-state index contributed by atoms with van der Waals surface area (Å²) in [5.74, 6) is 0.384. The van der Waals surface area contributed by atoms with Gasteiger partial charge in [0.15, 0.2) is 0 Å². The first kappa shape index (κ1) is 10.3. The van der Waals surface area contributed by atoms with Gasteiger partial charge in [0.2, 0.25) is 0 Å². The van der Waals surface area contributed by atoms with Crippen LogP contribution in [0, 0.1) is 5.92 Å². The van der Waals surface area contributed by atoms with E-state index in [1.807, 2.05) is 17.7 Å². The number of carboxylic acids is 1. The summed E-state index contributed by atoms with van der Waals surface area (Å²) >= 11 is 0. The Bertz CT molecular complexity index is 155. The molecular weight excluding hydrogens is 192 g/mol. The second kappa shape index (κ2) is 5.02. The summed E-state index contributed by atoms with van der Waals surface area (Å²) in [6.07, 6.45) is 2.86. The van der Waals surface area contributed by atoms with Crippen LogP contribution in [-0.4, -0.2) is 22.1 Å². The van der Waals surface area contributed by atoms with E-state index in [9.17, 15) is 4.79 Å². The molecule has 1 N–H and O–H groups in total. The molecule has 0 aromatic carbocycles. The van der Waals surface area contributed by atoms with Crippen molar-refractivity contribution in [2.24, 2.45) is 5.92 Å². The molecule has 0 saturated carbocycles. The van der Waals surface area contributed by atoms with Crippen molar-refractivity contribution in [3.63, 3.8) is 0 Å². The van der Waals surface area contributed by atoms with Crippen LogP contribution in [0.1, 0.15) is 26.2 Å². The molecule has 1 heterocycles. The Morgan fingerprint density at radius 3 is 2.92 bits per heavy atom. The smallest absolute Gasteiger partial charge is 0.307 e. The fourth-order valence-corrected chi connectivity index (χ4v) is 4.56. The molecular formula is C8H14O2S2. The Hall–Kier alpha value is 0.170. The van der Waals surface area contributed by atoms with Crippen molar-refractivity contribution in [1.29, 1.82) is 0 Å². The number of hydrogen-bond donors (Lipinski definition) is 1. The van der Waals surface area contributed by atoms with E-state index in [0.29, 0.717) is 5.25 Å². The Kier molecular flexibility index (Phi) is 4.29. The lowest BCUT2D eigenvalue weighted by molar-refractivity contribution is -0.141. The van der Waals surface area contributed by atoms with E-state index in [0.717, 1.165) is 25.0 Å². The number of hydrogen-bond acceptors (Lipinski definition) is 3. The quantitative estimate of drug-likeness (QED) is 0.717. The molecule has 4 heteroatoms. The highest BCUT2D eigenvalue weighted by molar-refractivity contribution is 8.77. The minimum atomic E-state index is -0.614. The van der Waals surface area contributed by atoms with Crippen LogP contribution in [0.3, 0.4) is 0 Å². The number of carboxylic acid groups (broad SMARTS) is 1. The Morgan fingerprint density at radius 2 is 2.50 bits per heavy atom. The van der Waals surface area contributed by atoms with Gasteiger partial charge in [-0.1, -0.05) is 34.9 Å². The predicted molar refractivity (Wildman–Crippen MR) is 54.5 cm³/mol. The Balaban J connectivity index is 2.45. The molecule has 1 rings (SSSR count). The van der Waals surface area contributed by atoms with Crippen molar-refractivity contribution in [1.82, 2.24) is 0 Å². The summed E-state index contributed by atoms with van der Waals surface area (Å²) in [7, 11) is 3.56. The van der Waals surface area contributed by atoms with Crippen LogP contribution in [0.25, 0.3) is 0 Å². The van der Waals surface area contributed by atoms with E-state index in [4.69, 9.17) is 5.11 Å². The maximum Gasteiger partial charge on any atom is 0.307 e. The largest absolute Gasteiger partial charge is 0.481 e. The van der Waals surface area contributed by atoms with Crippen LogP contribution < -0.4 is 0 Å². The first-order chi connectivity index (χ1) is 5.75. The van der Waals surface area contributed by atoms with E-state index < -0.39 is 5.97 Å². The summed E-state index contributed by atoms with van der Waals surface area (Å²) in [5, 5.41) is 9.30. The van der Waals surface area contributed by atoms with Gasteiger partial charge in [0.1, 0.15) is 0 Å². The zero-order chi connectivity index (χ0) is 8.97. The van der Waals surface area contributed by atoms with Crippen LogP contribution >= 0.6 is 21.6 Å². The molecule has 1 unspecified atom stereocenters. The van der Waals surface area contributed by atoms with Crippen LogP contribution in [0.15, 0.2) is 0 Å². The van der Waals surface area contributed by atoms with Gasteiger partial charge in [0, 0.05) is 11.0 Å². The maximum absolute atomic E-state index is 10.9. The molecule has 2 nitrogen and oxygen atoms in total. The molecule has 1 aliphatic heterocycles. The molecule has 0 aromatic rings. The van der Waals surface area contributed by atoms with Crippen LogP contribution in [-0.2, 0) is 4.79 Å². The molecule has 1 aliphatic rings. The average Bonchev–Trinajstić information content (AvgIpc) is 2.51. The van der Waals surface area contributed by atoms with Crippen molar-refractivity contribution in [2.45, 2.75) is 31.4 Å². The average molecular weight is 206 g/mol. The third-order valence-corrected chi connectivity index (χ3v) is 5.04. The summed E-state index contributed by atoms with van der Waals surface area (Å²) in [6.45, 7) is 2.04. The van der Waals surface area contributed by atoms with Crippen LogP contribution in [0.5, 0.6) is 0 Å². The van der Waals surface area contributed by atoms with Gasteiger partial charge in [-0.2, -0.15) is 0 Å². The molecule has 0 aromatic heterocycles. The Morgan fingerprint density at radius 1 is 1.75 bits per heavy atom. The molecule has 0 radical (unpaired) electrons. The lowest BCUT2D eigenvalue weighted by atomic mass is 9.98. The van der Waals surface area contributed by atoms with E-state index in [2.05, 4.69) is 0 Å². The topological polar surface area (TPSA) is 37.3 Å². The number of carbonyl (C=O) groups is 1. The van der Waals surface area contributed by atoms with Gasteiger partial charge in [-0.25, -0.2) is 0 Å². The van der Waals surface area contributed by atoms with Gasteiger partial charge in [-0.15, -0.1) is 0 Å². The van der Waals surface area contributed by atoms with Crippen molar-refractivity contribution >= 4 is 27.6 Å².